The Morgan fingerprint density at radius 1 is 1.29 bits per heavy atom. The number of thioether (sulfide) groups is 1. The number of hydrogen-bond acceptors (Lipinski definition) is 7. The molecule has 2 atom stereocenters. The highest BCUT2D eigenvalue weighted by atomic mass is 35.5. The molecule has 0 bridgehead atoms. The molecule has 1 aromatic carbocycles. The van der Waals surface area contributed by atoms with E-state index in [9.17, 15) is 4.79 Å². The maximum absolute atomic E-state index is 12.5. The monoisotopic (exact) mass is 456 g/mol. The van der Waals surface area contributed by atoms with Crippen LogP contribution in [0.4, 0.5) is 5.13 Å². The number of hydrogen-bond donors (Lipinski definition) is 2. The number of nitrogens with zero attached hydrogens (tertiary/aromatic N) is 2. The highest BCUT2D eigenvalue weighted by molar-refractivity contribution is 8.02. The van der Waals surface area contributed by atoms with Crippen molar-refractivity contribution in [2.75, 3.05) is 5.32 Å². The van der Waals surface area contributed by atoms with Crippen LogP contribution in [0.15, 0.2) is 45.4 Å². The predicted octanol–water partition coefficient (Wildman–Crippen LogP) is 5.41. The number of amides is 1. The van der Waals surface area contributed by atoms with Gasteiger partial charge in [-0.05, 0) is 43.7 Å². The SMILES string of the molecule is CC(Sc1nnc(NCc2ccco2)s1)C(=O)NC(C)c1ccc(Cl)cc1Cl. The van der Waals surface area contributed by atoms with Gasteiger partial charge in [0.1, 0.15) is 5.76 Å². The Kier molecular flexibility index (Phi) is 7.23. The second kappa shape index (κ2) is 9.65. The van der Waals surface area contributed by atoms with Gasteiger partial charge in [0.25, 0.3) is 0 Å². The smallest absolute Gasteiger partial charge is 0.233 e. The van der Waals surface area contributed by atoms with Crippen LogP contribution >= 0.6 is 46.3 Å². The second-order valence-corrected chi connectivity index (χ2v) is 9.37. The fourth-order valence-electron chi connectivity index (χ4n) is 2.37. The molecule has 1 amide bonds. The molecule has 0 radical (unpaired) electrons. The topological polar surface area (TPSA) is 80.1 Å². The van der Waals surface area contributed by atoms with Crippen LogP contribution in [0.5, 0.6) is 0 Å². The van der Waals surface area contributed by atoms with Crippen LogP contribution in [0.1, 0.15) is 31.2 Å². The van der Waals surface area contributed by atoms with Crippen LogP contribution in [0.25, 0.3) is 0 Å². The lowest BCUT2D eigenvalue weighted by Gasteiger charge is -2.18. The average molecular weight is 457 g/mol. The van der Waals surface area contributed by atoms with E-state index < -0.39 is 0 Å². The van der Waals surface area contributed by atoms with E-state index >= 15 is 0 Å². The summed E-state index contributed by atoms with van der Waals surface area (Å²) in [6.45, 7) is 4.24. The van der Waals surface area contributed by atoms with E-state index in [1.165, 1.54) is 23.1 Å². The summed E-state index contributed by atoms with van der Waals surface area (Å²) in [7, 11) is 0. The zero-order valence-corrected chi connectivity index (χ0v) is 18.3. The van der Waals surface area contributed by atoms with Crippen LogP contribution in [0, 0.1) is 0 Å². The number of rotatable bonds is 8. The minimum Gasteiger partial charge on any atom is -0.467 e. The van der Waals surface area contributed by atoms with Crippen molar-refractivity contribution in [1.29, 1.82) is 0 Å². The summed E-state index contributed by atoms with van der Waals surface area (Å²) in [6, 6.07) is 8.70. The maximum Gasteiger partial charge on any atom is 0.233 e. The molecule has 6 nitrogen and oxygen atoms in total. The number of nitrogens with one attached hydrogen (secondary N) is 2. The van der Waals surface area contributed by atoms with E-state index in [-0.39, 0.29) is 17.2 Å². The normalized spacial score (nSPS) is 13.1. The molecule has 2 aromatic heterocycles. The first-order valence-electron chi connectivity index (χ1n) is 8.44. The van der Waals surface area contributed by atoms with Gasteiger partial charge in [-0.25, -0.2) is 0 Å². The Labute approximate surface area is 181 Å². The molecule has 0 aliphatic rings. The van der Waals surface area contributed by atoms with Crippen LogP contribution in [0.3, 0.4) is 0 Å². The Morgan fingerprint density at radius 2 is 2.11 bits per heavy atom. The number of aromatic nitrogens is 2. The van der Waals surface area contributed by atoms with Gasteiger partial charge in [0.2, 0.25) is 11.0 Å². The minimum atomic E-state index is -0.334. The Hall–Kier alpha value is -1.74. The summed E-state index contributed by atoms with van der Waals surface area (Å²) in [5.41, 5.74) is 0.817. The molecule has 0 aliphatic carbocycles. The molecule has 3 aromatic rings. The lowest BCUT2D eigenvalue weighted by Crippen LogP contribution is -2.33. The lowest BCUT2D eigenvalue weighted by molar-refractivity contribution is -0.120. The molecule has 148 valence electrons. The number of benzene rings is 1. The fraction of sp³-hybridized carbons (Fsp3) is 0.278. The van der Waals surface area contributed by atoms with Crippen LogP contribution < -0.4 is 10.6 Å². The summed E-state index contributed by atoms with van der Waals surface area (Å²) in [4.78, 5) is 12.5. The summed E-state index contributed by atoms with van der Waals surface area (Å²) in [5, 5.41) is 15.8. The molecular formula is C18H18Cl2N4O2S2. The van der Waals surface area contributed by atoms with Crippen molar-refractivity contribution in [3.05, 3.63) is 58.0 Å². The molecule has 0 spiro atoms. The van der Waals surface area contributed by atoms with Crippen LogP contribution in [0.2, 0.25) is 10.0 Å². The molecule has 28 heavy (non-hydrogen) atoms. The first-order valence-corrected chi connectivity index (χ1v) is 10.9. The van der Waals surface area contributed by atoms with E-state index in [0.29, 0.717) is 26.1 Å². The van der Waals surface area contributed by atoms with E-state index in [4.69, 9.17) is 27.6 Å². The highest BCUT2D eigenvalue weighted by Crippen LogP contribution is 2.30. The summed E-state index contributed by atoms with van der Waals surface area (Å²) < 4.78 is 5.98. The summed E-state index contributed by atoms with van der Waals surface area (Å²) in [5.74, 6) is 0.704. The molecule has 0 fully saturated rings. The molecule has 0 aliphatic heterocycles. The van der Waals surface area contributed by atoms with Crippen molar-refractivity contribution >= 4 is 57.3 Å². The third kappa shape index (κ3) is 5.64. The molecule has 0 saturated heterocycles. The quantitative estimate of drug-likeness (QED) is 0.441. The number of furan rings is 1. The van der Waals surface area contributed by atoms with Crippen LogP contribution in [-0.4, -0.2) is 21.4 Å². The van der Waals surface area contributed by atoms with Crippen molar-refractivity contribution in [2.24, 2.45) is 0 Å². The van der Waals surface area contributed by atoms with Crippen molar-refractivity contribution in [1.82, 2.24) is 15.5 Å². The highest BCUT2D eigenvalue weighted by Gasteiger charge is 2.20. The van der Waals surface area contributed by atoms with Gasteiger partial charge in [-0.3, -0.25) is 4.79 Å². The summed E-state index contributed by atoms with van der Waals surface area (Å²) in [6.07, 6.45) is 1.62. The number of carbonyl (C=O) groups is 1. The first-order chi connectivity index (χ1) is 13.4. The van der Waals surface area contributed by atoms with Gasteiger partial charge >= 0.3 is 0 Å². The van der Waals surface area contributed by atoms with Gasteiger partial charge < -0.3 is 15.1 Å². The van der Waals surface area contributed by atoms with Crippen molar-refractivity contribution in [3.8, 4) is 0 Å². The Balaban J connectivity index is 1.52. The van der Waals surface area contributed by atoms with Crippen molar-refractivity contribution in [3.63, 3.8) is 0 Å². The van der Waals surface area contributed by atoms with E-state index in [2.05, 4.69) is 20.8 Å². The first kappa shape index (κ1) is 21.0. The van der Waals surface area contributed by atoms with E-state index in [1.54, 1.807) is 18.4 Å². The molecule has 3 rings (SSSR count). The Bertz CT molecular complexity index is 934. The minimum absolute atomic E-state index is 0.108. The molecule has 2 heterocycles. The maximum atomic E-state index is 12.5. The number of halogens is 2. The number of anilines is 1. The zero-order chi connectivity index (χ0) is 20.1. The van der Waals surface area contributed by atoms with E-state index in [0.717, 1.165) is 11.3 Å². The second-order valence-electron chi connectivity index (χ2n) is 5.96. The number of carbonyl (C=O) groups excluding carboxylic acids is 1. The molecule has 10 heteroatoms. The van der Waals surface area contributed by atoms with Gasteiger partial charge in [0, 0.05) is 10.0 Å². The fourth-order valence-corrected chi connectivity index (χ4v) is 4.84. The van der Waals surface area contributed by atoms with Crippen molar-refractivity contribution in [2.45, 2.75) is 36.0 Å². The van der Waals surface area contributed by atoms with Crippen molar-refractivity contribution < 1.29 is 9.21 Å². The molecule has 0 saturated carbocycles. The van der Waals surface area contributed by atoms with Gasteiger partial charge in [-0.1, -0.05) is 52.4 Å². The van der Waals surface area contributed by atoms with Gasteiger partial charge in [-0.15, -0.1) is 10.2 Å². The standard InChI is InChI=1S/C18H18Cl2N4O2S2/c1-10(14-6-5-12(19)8-15(14)20)22-16(25)11(2)27-18-24-23-17(28-18)21-9-13-4-3-7-26-13/h3-8,10-11H,9H2,1-2H3,(H,21,23)(H,22,25). The summed E-state index contributed by atoms with van der Waals surface area (Å²) >= 11 is 14.9. The van der Waals surface area contributed by atoms with Gasteiger partial charge in [-0.2, -0.15) is 0 Å². The molecule has 2 N–H and O–H groups in total. The van der Waals surface area contributed by atoms with E-state index in [1.807, 2.05) is 32.0 Å². The zero-order valence-electron chi connectivity index (χ0n) is 15.1. The predicted molar refractivity (Wildman–Crippen MR) is 114 cm³/mol. The molecular weight excluding hydrogens is 439 g/mol. The molecule has 2 unspecified atom stereocenters. The Morgan fingerprint density at radius 3 is 2.82 bits per heavy atom. The third-order valence-corrected chi connectivity index (χ3v) is 6.46. The third-order valence-electron chi connectivity index (χ3n) is 3.83. The van der Waals surface area contributed by atoms with Gasteiger partial charge in [0.05, 0.1) is 24.1 Å². The average Bonchev–Trinajstić information content (AvgIpc) is 3.31. The largest absolute Gasteiger partial charge is 0.467 e. The van der Waals surface area contributed by atoms with Gasteiger partial charge in [0.15, 0.2) is 4.34 Å². The van der Waals surface area contributed by atoms with Crippen LogP contribution in [-0.2, 0) is 11.3 Å². The lowest BCUT2D eigenvalue weighted by atomic mass is 10.1.